The third-order valence-corrected chi connectivity index (χ3v) is 0.450. The predicted molar refractivity (Wildman–Crippen MR) is 52.6 cm³/mol. The van der Waals surface area contributed by atoms with Crippen molar-refractivity contribution < 1.29 is 9.53 Å². The van der Waals surface area contributed by atoms with Crippen LogP contribution in [0.3, 0.4) is 0 Å². The molecule has 0 aromatic carbocycles. The third-order valence-electron chi connectivity index (χ3n) is 0.450. The van der Waals surface area contributed by atoms with E-state index < -0.39 is 0 Å². The molecule has 0 heterocycles. The number of hydrogen-bond acceptors (Lipinski definition) is 4. The van der Waals surface area contributed by atoms with Crippen LogP contribution in [-0.2, 0) is 9.53 Å². The van der Waals surface area contributed by atoms with Crippen molar-refractivity contribution in [3.8, 4) is 0 Å². The maximum absolute atomic E-state index is 10.2. The molecule has 0 fully saturated rings. The lowest BCUT2D eigenvalue weighted by Crippen LogP contribution is -2.21. The van der Waals surface area contributed by atoms with Gasteiger partial charge in [0.05, 0.1) is 0 Å². The molecule has 0 spiro atoms. The van der Waals surface area contributed by atoms with Crippen molar-refractivity contribution in [2.24, 2.45) is 11.5 Å². The van der Waals surface area contributed by atoms with Crippen LogP contribution >= 0.6 is 0 Å². The fraction of sp³-hybridized carbons (Fsp3) is 0.714. The second-order valence-electron chi connectivity index (χ2n) is 3.16. The highest BCUT2D eigenvalue weighted by molar-refractivity contribution is 5.71. The molecule has 0 atom stereocenters. The molecule has 0 bridgehead atoms. The largest absolute Gasteiger partial charge is 0.460 e. The SMILES string of the molecule is CC(=O)OC(C)(C)C.N.N=C(N)N. The molecule has 80 valence electrons. The molecule has 0 rings (SSSR count). The second kappa shape index (κ2) is 7.35. The van der Waals surface area contributed by atoms with Gasteiger partial charge in [0, 0.05) is 6.92 Å². The topological polar surface area (TPSA) is 137 Å². The van der Waals surface area contributed by atoms with Gasteiger partial charge in [-0.2, -0.15) is 0 Å². The molecule has 13 heavy (non-hydrogen) atoms. The van der Waals surface area contributed by atoms with Gasteiger partial charge in [-0.15, -0.1) is 0 Å². The fourth-order valence-corrected chi connectivity index (χ4v) is 0.431. The summed E-state index contributed by atoms with van der Waals surface area (Å²) >= 11 is 0. The van der Waals surface area contributed by atoms with Gasteiger partial charge in [-0.05, 0) is 20.8 Å². The van der Waals surface area contributed by atoms with E-state index in [9.17, 15) is 4.79 Å². The summed E-state index contributed by atoms with van der Waals surface area (Å²) in [5.41, 5.74) is 8.62. The third kappa shape index (κ3) is 59.2. The number of ether oxygens (including phenoxy) is 1. The molecule has 0 aromatic rings. The van der Waals surface area contributed by atoms with E-state index in [1.807, 2.05) is 20.8 Å². The van der Waals surface area contributed by atoms with E-state index in [0.29, 0.717) is 0 Å². The van der Waals surface area contributed by atoms with E-state index in [2.05, 4.69) is 11.5 Å². The number of esters is 1. The van der Waals surface area contributed by atoms with Gasteiger partial charge in [-0.1, -0.05) is 0 Å². The Kier molecular flexibility index (Phi) is 10.0. The summed E-state index contributed by atoms with van der Waals surface area (Å²) in [4.78, 5) is 10.2. The predicted octanol–water partition coefficient (Wildman–Crippen LogP) is 0.349. The molecule has 0 radical (unpaired) electrons. The van der Waals surface area contributed by atoms with E-state index in [1.54, 1.807) is 0 Å². The normalized spacial score (nSPS) is 8.62. The van der Waals surface area contributed by atoms with Crippen LogP contribution in [0.15, 0.2) is 0 Å². The van der Waals surface area contributed by atoms with Crippen LogP contribution in [0.5, 0.6) is 0 Å². The van der Waals surface area contributed by atoms with Gasteiger partial charge >= 0.3 is 5.97 Å². The number of nitrogens with one attached hydrogen (secondary N) is 1. The molecule has 0 saturated carbocycles. The molecule has 0 amide bonds. The maximum Gasteiger partial charge on any atom is 0.303 e. The van der Waals surface area contributed by atoms with E-state index in [0.717, 1.165) is 0 Å². The molecular formula is C7H20N4O2. The molecule has 0 aliphatic carbocycles. The van der Waals surface area contributed by atoms with Crippen molar-refractivity contribution in [1.82, 2.24) is 6.15 Å². The van der Waals surface area contributed by atoms with Crippen LogP contribution in [0.2, 0.25) is 0 Å². The fourth-order valence-electron chi connectivity index (χ4n) is 0.431. The molecule has 0 saturated heterocycles. The number of guanidine groups is 1. The van der Waals surface area contributed by atoms with E-state index in [-0.39, 0.29) is 23.7 Å². The Morgan fingerprint density at radius 1 is 1.31 bits per heavy atom. The zero-order valence-electron chi connectivity index (χ0n) is 8.68. The van der Waals surface area contributed by atoms with Crippen LogP contribution in [-0.4, -0.2) is 17.5 Å². The van der Waals surface area contributed by atoms with Crippen molar-refractivity contribution in [2.75, 3.05) is 0 Å². The lowest BCUT2D eigenvalue weighted by Gasteiger charge is -2.17. The first-order chi connectivity index (χ1) is 5.15. The Morgan fingerprint density at radius 3 is 1.54 bits per heavy atom. The smallest absolute Gasteiger partial charge is 0.303 e. The highest BCUT2D eigenvalue weighted by atomic mass is 16.6. The molecule has 0 aliphatic heterocycles. The number of carbonyl (C=O) groups is 1. The Bertz CT molecular complexity index is 158. The van der Waals surface area contributed by atoms with Crippen LogP contribution in [0, 0.1) is 5.41 Å². The van der Waals surface area contributed by atoms with E-state index in [4.69, 9.17) is 10.1 Å². The summed E-state index contributed by atoms with van der Waals surface area (Å²) in [6, 6.07) is 0. The zero-order chi connectivity index (χ0) is 10.4. The van der Waals surface area contributed by atoms with Gasteiger partial charge in [-0.3, -0.25) is 10.2 Å². The minimum atomic E-state index is -0.333. The first-order valence-corrected chi connectivity index (χ1v) is 3.44. The number of carbonyl (C=O) groups excluding carboxylic acids is 1. The van der Waals surface area contributed by atoms with Crippen molar-refractivity contribution in [3.63, 3.8) is 0 Å². The Hall–Kier alpha value is -1.30. The average molecular weight is 192 g/mol. The number of nitrogens with two attached hydrogens (primary N) is 2. The quantitative estimate of drug-likeness (QED) is 0.249. The van der Waals surface area contributed by atoms with Crippen molar-refractivity contribution in [3.05, 3.63) is 0 Å². The standard InChI is InChI=1S/C6H12O2.CH5N3.H3N/c1-5(7)8-6(2,3)4;2-1(3)4;/h1-4H3;(H5,2,3,4);1H3. The Morgan fingerprint density at radius 2 is 1.54 bits per heavy atom. The number of hydrogen-bond donors (Lipinski definition) is 4. The van der Waals surface area contributed by atoms with Gasteiger partial charge < -0.3 is 22.4 Å². The Labute approximate surface area is 78.7 Å². The van der Waals surface area contributed by atoms with Crippen LogP contribution in [0.4, 0.5) is 0 Å². The molecule has 0 unspecified atom stereocenters. The van der Waals surface area contributed by atoms with Crippen LogP contribution in [0.25, 0.3) is 0 Å². The van der Waals surface area contributed by atoms with Gasteiger partial charge in [0.25, 0.3) is 0 Å². The first kappa shape index (κ1) is 17.7. The summed E-state index contributed by atoms with van der Waals surface area (Å²) in [7, 11) is 0. The van der Waals surface area contributed by atoms with E-state index in [1.165, 1.54) is 6.92 Å². The summed E-state index contributed by atoms with van der Waals surface area (Å²) < 4.78 is 4.80. The molecule has 6 heteroatoms. The summed E-state index contributed by atoms with van der Waals surface area (Å²) in [5, 5.41) is 6.06. The molecule has 0 aliphatic rings. The average Bonchev–Trinajstić information content (AvgIpc) is 1.52. The van der Waals surface area contributed by atoms with Crippen molar-refractivity contribution in [1.29, 1.82) is 5.41 Å². The monoisotopic (exact) mass is 192 g/mol. The molecule has 8 N–H and O–H groups in total. The van der Waals surface area contributed by atoms with Crippen molar-refractivity contribution >= 4 is 11.9 Å². The first-order valence-electron chi connectivity index (χ1n) is 3.44. The molecule has 6 nitrogen and oxygen atoms in total. The molecular weight excluding hydrogens is 172 g/mol. The molecule has 0 aromatic heterocycles. The van der Waals surface area contributed by atoms with E-state index >= 15 is 0 Å². The number of rotatable bonds is 0. The van der Waals surface area contributed by atoms with Crippen molar-refractivity contribution in [2.45, 2.75) is 33.3 Å². The summed E-state index contributed by atoms with van der Waals surface area (Å²) in [6.45, 7) is 6.93. The maximum atomic E-state index is 10.2. The zero-order valence-corrected chi connectivity index (χ0v) is 8.68. The van der Waals surface area contributed by atoms with Gasteiger partial charge in [0.15, 0.2) is 5.96 Å². The second-order valence-corrected chi connectivity index (χ2v) is 3.16. The van der Waals surface area contributed by atoms with Crippen LogP contribution in [0.1, 0.15) is 27.7 Å². The van der Waals surface area contributed by atoms with Gasteiger partial charge in [0.2, 0.25) is 0 Å². The Balaban J connectivity index is -0.000000173. The lowest BCUT2D eigenvalue weighted by atomic mass is 10.2. The van der Waals surface area contributed by atoms with Gasteiger partial charge in [0.1, 0.15) is 5.60 Å². The summed E-state index contributed by atoms with van der Waals surface area (Å²) in [5.74, 6) is -0.558. The summed E-state index contributed by atoms with van der Waals surface area (Å²) in [6.07, 6.45) is 0. The van der Waals surface area contributed by atoms with Crippen LogP contribution < -0.4 is 17.6 Å². The minimum absolute atomic E-state index is 0. The van der Waals surface area contributed by atoms with Gasteiger partial charge in [-0.25, -0.2) is 0 Å². The highest BCUT2D eigenvalue weighted by Crippen LogP contribution is 2.05. The highest BCUT2D eigenvalue weighted by Gasteiger charge is 2.11. The minimum Gasteiger partial charge on any atom is -0.460 e. The lowest BCUT2D eigenvalue weighted by molar-refractivity contribution is -0.151.